The van der Waals surface area contributed by atoms with Crippen LogP contribution in [0.5, 0.6) is 0 Å². The molecule has 0 radical (unpaired) electrons. The Hall–Kier alpha value is -0.450. The van der Waals surface area contributed by atoms with Crippen LogP contribution in [0.3, 0.4) is 0 Å². The zero-order valence-electron chi connectivity index (χ0n) is 11.7. The van der Waals surface area contributed by atoms with Gasteiger partial charge in [-0.05, 0) is 56.8 Å². The van der Waals surface area contributed by atoms with E-state index in [-0.39, 0.29) is 5.82 Å². The zero-order chi connectivity index (χ0) is 13.9. The summed E-state index contributed by atoms with van der Waals surface area (Å²) in [6.07, 6.45) is 5.23. The van der Waals surface area contributed by atoms with Crippen molar-refractivity contribution in [2.75, 3.05) is 19.6 Å². The van der Waals surface area contributed by atoms with Crippen LogP contribution in [0.1, 0.15) is 31.2 Å². The second-order valence-electron chi connectivity index (χ2n) is 6.16. The fourth-order valence-electron chi connectivity index (χ4n) is 2.97. The molecule has 0 aromatic heterocycles. The first-order valence-corrected chi connectivity index (χ1v) is 8.39. The topological polar surface area (TPSA) is 15.3 Å². The molecule has 2 aliphatic rings. The number of piperidine rings is 1. The lowest BCUT2D eigenvalue weighted by Crippen LogP contribution is -2.39. The molecule has 1 unspecified atom stereocenters. The highest BCUT2D eigenvalue weighted by molar-refractivity contribution is 9.10. The smallest absolute Gasteiger partial charge is 0.128 e. The first-order chi connectivity index (χ1) is 9.70. The van der Waals surface area contributed by atoms with Crippen molar-refractivity contribution in [1.82, 2.24) is 10.2 Å². The lowest BCUT2D eigenvalue weighted by molar-refractivity contribution is 0.163. The van der Waals surface area contributed by atoms with Gasteiger partial charge in [0.15, 0.2) is 0 Å². The third-order valence-corrected chi connectivity index (χ3v) is 4.78. The van der Waals surface area contributed by atoms with Gasteiger partial charge in [-0.1, -0.05) is 22.0 Å². The predicted molar refractivity (Wildman–Crippen MR) is 83.1 cm³/mol. The summed E-state index contributed by atoms with van der Waals surface area (Å²) in [4.78, 5) is 2.40. The lowest BCUT2D eigenvalue weighted by atomic mass is 9.97. The Kier molecular flexibility index (Phi) is 4.74. The van der Waals surface area contributed by atoms with Crippen molar-refractivity contribution in [2.24, 2.45) is 5.92 Å². The highest BCUT2D eigenvalue weighted by atomic mass is 79.9. The summed E-state index contributed by atoms with van der Waals surface area (Å²) in [6.45, 7) is 4.05. The van der Waals surface area contributed by atoms with Gasteiger partial charge in [-0.3, -0.25) is 4.90 Å². The number of nitrogens with one attached hydrogen (secondary N) is 1. The van der Waals surface area contributed by atoms with Gasteiger partial charge in [-0.2, -0.15) is 0 Å². The monoisotopic (exact) mass is 340 g/mol. The van der Waals surface area contributed by atoms with Gasteiger partial charge in [0.05, 0.1) is 0 Å². The molecule has 1 saturated carbocycles. The molecule has 1 aliphatic heterocycles. The maximum atomic E-state index is 13.9. The Morgan fingerprint density at radius 1 is 1.30 bits per heavy atom. The Bertz CT molecular complexity index is 462. The molecule has 1 aliphatic carbocycles. The molecule has 1 aromatic rings. The number of rotatable bonds is 5. The third kappa shape index (κ3) is 4.03. The fraction of sp³-hybridized carbons (Fsp3) is 0.625. The summed E-state index contributed by atoms with van der Waals surface area (Å²) < 4.78 is 14.7. The molecule has 0 bridgehead atoms. The van der Waals surface area contributed by atoms with Crippen LogP contribution in [0.4, 0.5) is 4.39 Å². The summed E-state index contributed by atoms with van der Waals surface area (Å²) in [7, 11) is 0. The number of hydrogen-bond acceptors (Lipinski definition) is 2. The van der Waals surface area contributed by atoms with Gasteiger partial charge in [-0.15, -0.1) is 0 Å². The van der Waals surface area contributed by atoms with Gasteiger partial charge in [0.1, 0.15) is 5.82 Å². The van der Waals surface area contributed by atoms with E-state index < -0.39 is 0 Å². The average molecular weight is 341 g/mol. The minimum absolute atomic E-state index is 0.0994. The van der Waals surface area contributed by atoms with E-state index in [1.807, 2.05) is 12.1 Å². The molecule has 20 heavy (non-hydrogen) atoms. The van der Waals surface area contributed by atoms with E-state index in [1.54, 1.807) is 6.07 Å². The first-order valence-electron chi connectivity index (χ1n) is 7.60. The standard InChI is InChI=1S/C16H22BrFN2/c17-14-4-3-13(16(18)8-14)11-20-7-1-2-12(10-20)9-19-15-5-6-15/h3-4,8,12,15,19H,1-2,5-7,9-11H2. The van der Waals surface area contributed by atoms with Crippen LogP contribution in [0.15, 0.2) is 22.7 Å². The summed E-state index contributed by atoms with van der Waals surface area (Å²) in [6, 6.07) is 6.17. The SMILES string of the molecule is Fc1cc(Br)ccc1CN1CCCC(CNC2CC2)C1. The predicted octanol–water partition coefficient (Wildman–Crippen LogP) is 3.55. The van der Waals surface area contributed by atoms with E-state index in [1.165, 1.54) is 25.7 Å². The van der Waals surface area contributed by atoms with E-state index in [9.17, 15) is 4.39 Å². The van der Waals surface area contributed by atoms with Gasteiger partial charge >= 0.3 is 0 Å². The number of benzene rings is 1. The lowest BCUT2D eigenvalue weighted by Gasteiger charge is -2.33. The van der Waals surface area contributed by atoms with Crippen molar-refractivity contribution in [3.63, 3.8) is 0 Å². The van der Waals surface area contributed by atoms with E-state index in [4.69, 9.17) is 0 Å². The number of hydrogen-bond donors (Lipinski definition) is 1. The van der Waals surface area contributed by atoms with Crippen LogP contribution in [-0.2, 0) is 6.54 Å². The van der Waals surface area contributed by atoms with Crippen LogP contribution in [0.2, 0.25) is 0 Å². The number of likely N-dealkylation sites (tertiary alicyclic amines) is 1. The molecule has 1 heterocycles. The Morgan fingerprint density at radius 2 is 2.15 bits per heavy atom. The van der Waals surface area contributed by atoms with Crippen LogP contribution in [-0.4, -0.2) is 30.6 Å². The van der Waals surface area contributed by atoms with E-state index in [2.05, 4.69) is 26.1 Å². The summed E-state index contributed by atoms with van der Waals surface area (Å²) >= 11 is 3.31. The zero-order valence-corrected chi connectivity index (χ0v) is 13.3. The van der Waals surface area contributed by atoms with Gasteiger partial charge < -0.3 is 5.32 Å². The second kappa shape index (κ2) is 6.54. The minimum atomic E-state index is -0.0994. The van der Waals surface area contributed by atoms with Crippen molar-refractivity contribution in [2.45, 2.75) is 38.3 Å². The summed E-state index contributed by atoms with van der Waals surface area (Å²) in [5.74, 6) is 0.625. The Balaban J connectivity index is 1.53. The van der Waals surface area contributed by atoms with Gasteiger partial charge in [-0.25, -0.2) is 4.39 Å². The van der Waals surface area contributed by atoms with E-state index in [0.29, 0.717) is 0 Å². The van der Waals surface area contributed by atoms with Gasteiger partial charge in [0, 0.05) is 29.2 Å². The second-order valence-corrected chi connectivity index (χ2v) is 7.08. The molecular weight excluding hydrogens is 319 g/mol. The molecule has 110 valence electrons. The number of nitrogens with zero attached hydrogens (tertiary/aromatic N) is 1. The molecule has 1 N–H and O–H groups in total. The Morgan fingerprint density at radius 3 is 2.90 bits per heavy atom. The maximum Gasteiger partial charge on any atom is 0.128 e. The minimum Gasteiger partial charge on any atom is -0.314 e. The molecule has 1 saturated heterocycles. The van der Waals surface area contributed by atoms with Crippen molar-refractivity contribution in [3.05, 3.63) is 34.1 Å². The molecule has 0 spiro atoms. The van der Waals surface area contributed by atoms with E-state index in [0.717, 1.165) is 48.2 Å². The van der Waals surface area contributed by atoms with Crippen LogP contribution < -0.4 is 5.32 Å². The average Bonchev–Trinajstić information content (AvgIpc) is 3.24. The highest BCUT2D eigenvalue weighted by Crippen LogP contribution is 2.23. The van der Waals surface area contributed by atoms with Gasteiger partial charge in [0.2, 0.25) is 0 Å². The highest BCUT2D eigenvalue weighted by Gasteiger charge is 2.25. The molecule has 0 amide bonds. The molecule has 1 aromatic carbocycles. The maximum absolute atomic E-state index is 13.9. The quantitative estimate of drug-likeness (QED) is 0.881. The summed E-state index contributed by atoms with van der Waals surface area (Å²) in [5.41, 5.74) is 0.809. The molecule has 2 fully saturated rings. The van der Waals surface area contributed by atoms with Crippen molar-refractivity contribution >= 4 is 15.9 Å². The van der Waals surface area contributed by atoms with Crippen LogP contribution in [0.25, 0.3) is 0 Å². The van der Waals surface area contributed by atoms with Crippen molar-refractivity contribution < 1.29 is 4.39 Å². The fourth-order valence-corrected chi connectivity index (χ4v) is 3.31. The molecule has 2 nitrogen and oxygen atoms in total. The van der Waals surface area contributed by atoms with Crippen molar-refractivity contribution in [1.29, 1.82) is 0 Å². The van der Waals surface area contributed by atoms with Crippen LogP contribution >= 0.6 is 15.9 Å². The van der Waals surface area contributed by atoms with E-state index >= 15 is 0 Å². The third-order valence-electron chi connectivity index (χ3n) is 4.28. The van der Waals surface area contributed by atoms with Crippen molar-refractivity contribution in [3.8, 4) is 0 Å². The molecular formula is C16H22BrFN2. The first kappa shape index (κ1) is 14.5. The molecule has 4 heteroatoms. The molecule has 1 atom stereocenters. The Labute approximate surface area is 128 Å². The number of halogens is 2. The van der Waals surface area contributed by atoms with Crippen LogP contribution in [0, 0.1) is 11.7 Å². The van der Waals surface area contributed by atoms with Gasteiger partial charge in [0.25, 0.3) is 0 Å². The molecule has 3 rings (SSSR count). The summed E-state index contributed by atoms with van der Waals surface area (Å²) in [5, 5.41) is 3.62. The normalized spacial score (nSPS) is 24.0. The largest absolute Gasteiger partial charge is 0.314 e.